The molecule has 6 nitrogen and oxygen atoms in total. The number of fused-ring (bicyclic) bond motifs is 2. The van der Waals surface area contributed by atoms with Crippen molar-refractivity contribution < 1.29 is 4.79 Å². The molecule has 3 N–H and O–H groups in total. The number of nitrogens with one attached hydrogen (secondary N) is 1. The number of anilines is 2. The molecule has 6 heteroatoms. The summed E-state index contributed by atoms with van der Waals surface area (Å²) in [5, 5.41) is 21.1. The van der Waals surface area contributed by atoms with Gasteiger partial charge in [-0.2, -0.15) is 10.5 Å². The minimum absolute atomic E-state index is 0.00908. The monoisotopic (exact) mass is 387 g/mol. The van der Waals surface area contributed by atoms with Crippen molar-refractivity contribution in [3.05, 3.63) is 58.1 Å². The van der Waals surface area contributed by atoms with Crippen molar-refractivity contribution in [3.63, 3.8) is 0 Å². The van der Waals surface area contributed by atoms with Gasteiger partial charge in [-0.3, -0.25) is 4.79 Å². The molecule has 0 bridgehead atoms. The maximum atomic E-state index is 11.5. The fourth-order valence-electron chi connectivity index (χ4n) is 3.94. The van der Waals surface area contributed by atoms with E-state index in [1.54, 1.807) is 4.90 Å². The molecule has 0 spiro atoms. The van der Waals surface area contributed by atoms with Gasteiger partial charge < -0.3 is 16.0 Å². The van der Waals surface area contributed by atoms with Crippen LogP contribution in [0.25, 0.3) is 0 Å². The van der Waals surface area contributed by atoms with E-state index in [2.05, 4.69) is 29.6 Å². The average molecular weight is 387 g/mol. The fourth-order valence-corrected chi connectivity index (χ4v) is 3.94. The Bertz CT molecular complexity index is 1010. The highest BCUT2D eigenvalue weighted by Gasteiger charge is 2.26. The zero-order chi connectivity index (χ0) is 21.0. The second kappa shape index (κ2) is 8.77. The van der Waals surface area contributed by atoms with Gasteiger partial charge in [-0.1, -0.05) is 18.2 Å². The van der Waals surface area contributed by atoms with Gasteiger partial charge in [-0.15, -0.1) is 0 Å². The number of nitriles is 2. The van der Waals surface area contributed by atoms with E-state index in [-0.39, 0.29) is 11.9 Å². The SMILES string of the molecule is CC(=O)N1CCc2cc(CC(C)N)cc(C#N)c21.N#Cc1cccc2c1NCC2. The molecule has 4 rings (SSSR count). The lowest BCUT2D eigenvalue weighted by Gasteiger charge is -2.17. The first-order valence-electron chi connectivity index (χ1n) is 9.80. The third-order valence-corrected chi connectivity index (χ3v) is 5.15. The number of hydrogen-bond donors (Lipinski definition) is 2. The van der Waals surface area contributed by atoms with Crippen molar-refractivity contribution in [1.82, 2.24) is 0 Å². The summed E-state index contributed by atoms with van der Waals surface area (Å²) in [5.41, 5.74) is 12.4. The lowest BCUT2D eigenvalue weighted by molar-refractivity contribution is -0.116. The second-order valence-electron chi connectivity index (χ2n) is 7.49. The second-order valence-corrected chi connectivity index (χ2v) is 7.49. The highest BCUT2D eigenvalue weighted by molar-refractivity contribution is 5.95. The number of benzene rings is 2. The highest BCUT2D eigenvalue weighted by Crippen LogP contribution is 2.33. The first kappa shape index (κ1) is 20.4. The smallest absolute Gasteiger partial charge is 0.223 e. The molecular weight excluding hydrogens is 362 g/mol. The quantitative estimate of drug-likeness (QED) is 0.824. The molecule has 0 radical (unpaired) electrons. The van der Waals surface area contributed by atoms with Crippen LogP contribution in [0.2, 0.25) is 0 Å². The van der Waals surface area contributed by atoms with Gasteiger partial charge in [0.2, 0.25) is 5.91 Å². The van der Waals surface area contributed by atoms with Crippen molar-refractivity contribution in [2.24, 2.45) is 5.73 Å². The maximum absolute atomic E-state index is 11.5. The number of nitrogens with zero attached hydrogens (tertiary/aromatic N) is 3. The third kappa shape index (κ3) is 4.39. The molecule has 1 amide bonds. The number of rotatable bonds is 2. The van der Waals surface area contributed by atoms with Crippen LogP contribution in [0.4, 0.5) is 11.4 Å². The average Bonchev–Trinajstić information content (AvgIpc) is 3.34. The van der Waals surface area contributed by atoms with E-state index in [0.29, 0.717) is 12.1 Å². The standard InChI is InChI=1S/C14H17N3O.C9H8N2/c1-9(16)5-11-6-12-3-4-17(10(2)18)14(12)13(7-11)8-15;10-6-8-3-1-2-7-4-5-11-9(7)8/h6-7,9H,3-5,16H2,1-2H3;1-3,11H,4-5H2. The molecule has 1 atom stereocenters. The molecule has 2 aromatic rings. The van der Waals surface area contributed by atoms with Crippen LogP contribution in [0.1, 0.15) is 41.7 Å². The van der Waals surface area contributed by atoms with Crippen LogP contribution in [0, 0.1) is 22.7 Å². The Balaban J connectivity index is 0.000000186. The normalized spacial score (nSPS) is 14.4. The predicted molar refractivity (Wildman–Crippen MR) is 114 cm³/mol. The van der Waals surface area contributed by atoms with Crippen molar-refractivity contribution >= 4 is 17.3 Å². The van der Waals surface area contributed by atoms with Gasteiger partial charge in [0.1, 0.15) is 12.1 Å². The molecule has 2 aliphatic rings. The number of carbonyl (C=O) groups is 1. The molecule has 1 unspecified atom stereocenters. The number of carbonyl (C=O) groups excluding carboxylic acids is 1. The summed E-state index contributed by atoms with van der Waals surface area (Å²) in [7, 11) is 0. The van der Waals surface area contributed by atoms with Crippen LogP contribution in [-0.4, -0.2) is 25.0 Å². The van der Waals surface area contributed by atoms with Crippen LogP contribution < -0.4 is 16.0 Å². The summed E-state index contributed by atoms with van der Waals surface area (Å²) in [6, 6.07) is 14.2. The van der Waals surface area contributed by atoms with Crippen molar-refractivity contribution in [2.75, 3.05) is 23.3 Å². The summed E-state index contributed by atoms with van der Waals surface area (Å²) in [6.07, 6.45) is 2.61. The zero-order valence-electron chi connectivity index (χ0n) is 16.8. The molecule has 0 saturated carbocycles. The van der Waals surface area contributed by atoms with Gasteiger partial charge in [-0.25, -0.2) is 0 Å². The van der Waals surface area contributed by atoms with Gasteiger partial charge in [-0.05, 0) is 55.0 Å². The largest absolute Gasteiger partial charge is 0.383 e. The third-order valence-electron chi connectivity index (χ3n) is 5.15. The Hall–Kier alpha value is -3.35. The van der Waals surface area contributed by atoms with Crippen LogP contribution in [-0.2, 0) is 24.1 Å². The molecule has 2 heterocycles. The van der Waals surface area contributed by atoms with Gasteiger partial charge in [0.25, 0.3) is 0 Å². The number of nitrogens with two attached hydrogens (primary N) is 1. The lowest BCUT2D eigenvalue weighted by atomic mass is 9.99. The van der Waals surface area contributed by atoms with Crippen LogP contribution >= 0.6 is 0 Å². The van der Waals surface area contributed by atoms with Gasteiger partial charge in [0.05, 0.1) is 22.5 Å². The fraction of sp³-hybridized carbons (Fsp3) is 0.348. The van der Waals surface area contributed by atoms with Gasteiger partial charge in [0.15, 0.2) is 0 Å². The Labute approximate surface area is 171 Å². The first-order chi connectivity index (χ1) is 13.9. The van der Waals surface area contributed by atoms with E-state index in [4.69, 9.17) is 11.0 Å². The number of para-hydroxylation sites is 1. The van der Waals surface area contributed by atoms with E-state index in [1.165, 1.54) is 12.5 Å². The maximum Gasteiger partial charge on any atom is 0.223 e. The summed E-state index contributed by atoms with van der Waals surface area (Å²) in [5.74, 6) is -0.00908. The minimum atomic E-state index is -0.00908. The molecule has 2 aromatic carbocycles. The topological polar surface area (TPSA) is 106 Å². The van der Waals surface area contributed by atoms with E-state index in [1.807, 2.05) is 25.1 Å². The van der Waals surface area contributed by atoms with Crippen LogP contribution in [0.3, 0.4) is 0 Å². The summed E-state index contributed by atoms with van der Waals surface area (Å²) >= 11 is 0. The van der Waals surface area contributed by atoms with Gasteiger partial charge in [0, 0.05) is 26.1 Å². The first-order valence-corrected chi connectivity index (χ1v) is 9.80. The molecule has 0 aliphatic carbocycles. The molecular formula is C23H25N5O. The predicted octanol–water partition coefficient (Wildman–Crippen LogP) is 2.88. The van der Waals surface area contributed by atoms with E-state index in [9.17, 15) is 10.1 Å². The Morgan fingerprint density at radius 3 is 2.62 bits per heavy atom. The van der Waals surface area contributed by atoms with E-state index < -0.39 is 0 Å². The van der Waals surface area contributed by atoms with Crippen molar-refractivity contribution in [2.45, 2.75) is 39.2 Å². The summed E-state index contributed by atoms with van der Waals surface area (Å²) in [6.45, 7) is 5.11. The zero-order valence-corrected chi connectivity index (χ0v) is 16.8. The molecule has 0 saturated heterocycles. The van der Waals surface area contributed by atoms with Crippen LogP contribution in [0.5, 0.6) is 0 Å². The lowest BCUT2D eigenvalue weighted by Crippen LogP contribution is -2.26. The number of amides is 1. The Morgan fingerprint density at radius 2 is 1.97 bits per heavy atom. The minimum Gasteiger partial charge on any atom is -0.383 e. The number of hydrogen-bond acceptors (Lipinski definition) is 5. The molecule has 2 aliphatic heterocycles. The summed E-state index contributed by atoms with van der Waals surface area (Å²) < 4.78 is 0. The molecule has 0 fully saturated rings. The Morgan fingerprint density at radius 1 is 1.21 bits per heavy atom. The molecule has 0 aromatic heterocycles. The van der Waals surface area contributed by atoms with E-state index in [0.717, 1.165) is 53.9 Å². The summed E-state index contributed by atoms with van der Waals surface area (Å²) in [4.78, 5) is 13.2. The van der Waals surface area contributed by atoms with Crippen molar-refractivity contribution in [3.8, 4) is 12.1 Å². The van der Waals surface area contributed by atoms with Crippen LogP contribution in [0.15, 0.2) is 30.3 Å². The van der Waals surface area contributed by atoms with Gasteiger partial charge >= 0.3 is 0 Å². The Kier molecular flexibility index (Phi) is 6.16. The highest BCUT2D eigenvalue weighted by atomic mass is 16.2. The van der Waals surface area contributed by atoms with E-state index >= 15 is 0 Å². The molecule has 29 heavy (non-hydrogen) atoms. The van der Waals surface area contributed by atoms with Crippen molar-refractivity contribution in [1.29, 1.82) is 10.5 Å². The molecule has 148 valence electrons.